The average molecular weight is 445 g/mol. The molecule has 0 bridgehead atoms. The lowest BCUT2D eigenvalue weighted by Gasteiger charge is -2.25. The zero-order valence-corrected chi connectivity index (χ0v) is 18.6. The van der Waals surface area contributed by atoms with E-state index in [1.807, 2.05) is 0 Å². The molecule has 0 unspecified atom stereocenters. The van der Waals surface area contributed by atoms with Crippen LogP contribution in [0.25, 0.3) is 0 Å². The van der Waals surface area contributed by atoms with Gasteiger partial charge < -0.3 is 21.3 Å². The molecule has 0 atom stereocenters. The van der Waals surface area contributed by atoms with Gasteiger partial charge in [0, 0.05) is 47.6 Å². The zero-order chi connectivity index (χ0) is 22.6. The number of aromatic nitrogens is 1. The minimum atomic E-state index is -1.23. The van der Waals surface area contributed by atoms with E-state index in [9.17, 15) is 15.0 Å². The molecule has 1 aromatic heterocycles. The van der Waals surface area contributed by atoms with Gasteiger partial charge in [0.1, 0.15) is 5.69 Å². The highest BCUT2D eigenvalue weighted by Gasteiger charge is 2.24. The largest absolute Gasteiger partial charge is 0.398 e. The van der Waals surface area contributed by atoms with Crippen molar-refractivity contribution in [3.63, 3.8) is 0 Å². The van der Waals surface area contributed by atoms with Crippen molar-refractivity contribution in [2.75, 3.05) is 17.7 Å². The van der Waals surface area contributed by atoms with Gasteiger partial charge in [0.05, 0.1) is 10.6 Å². The molecular formula is C23H29ClN4O3. The number of nitrogens with two attached hydrogens (primary N) is 1. The molecule has 1 aliphatic rings. The van der Waals surface area contributed by atoms with Crippen LogP contribution in [0.3, 0.4) is 0 Å². The summed E-state index contributed by atoms with van der Waals surface area (Å²) >= 11 is 6.10. The van der Waals surface area contributed by atoms with Crippen LogP contribution in [0.4, 0.5) is 11.4 Å². The minimum absolute atomic E-state index is 0.0959. The Labute approximate surface area is 187 Å². The summed E-state index contributed by atoms with van der Waals surface area (Å²) in [5.74, 6) is -0.117. The van der Waals surface area contributed by atoms with E-state index in [1.54, 1.807) is 44.3 Å². The number of hydrogen-bond acceptors (Lipinski definition) is 6. The van der Waals surface area contributed by atoms with Crippen molar-refractivity contribution in [1.82, 2.24) is 4.98 Å². The maximum absolute atomic E-state index is 12.7. The highest BCUT2D eigenvalue weighted by atomic mass is 35.5. The van der Waals surface area contributed by atoms with Crippen LogP contribution in [0.5, 0.6) is 0 Å². The Hall–Kier alpha value is -2.48. The van der Waals surface area contributed by atoms with Crippen LogP contribution in [0, 0.1) is 5.92 Å². The van der Waals surface area contributed by atoms with E-state index in [-0.39, 0.29) is 23.4 Å². The summed E-state index contributed by atoms with van der Waals surface area (Å²) in [6.07, 6.45) is 6.97. The van der Waals surface area contributed by atoms with E-state index in [2.05, 4.69) is 15.3 Å². The number of aliphatic imine (C=N–C) groups is 1. The number of nitrogen functional groups attached to an aromatic ring is 1. The fourth-order valence-electron chi connectivity index (χ4n) is 3.75. The molecule has 1 aliphatic carbocycles. The Morgan fingerprint density at radius 1 is 1.35 bits per heavy atom. The van der Waals surface area contributed by atoms with Gasteiger partial charge in [-0.25, -0.2) is 4.98 Å². The van der Waals surface area contributed by atoms with Gasteiger partial charge in [-0.05, 0) is 69.7 Å². The number of pyridine rings is 1. The van der Waals surface area contributed by atoms with Crippen LogP contribution < -0.4 is 11.1 Å². The predicted octanol–water partition coefficient (Wildman–Crippen LogP) is 3.77. The Bertz CT molecular complexity index is 964. The molecule has 0 saturated heterocycles. The molecule has 3 rings (SSSR count). The smallest absolute Gasteiger partial charge is 0.275 e. The summed E-state index contributed by atoms with van der Waals surface area (Å²) in [5, 5.41) is 22.9. The summed E-state index contributed by atoms with van der Waals surface area (Å²) < 4.78 is 0. The summed E-state index contributed by atoms with van der Waals surface area (Å²) in [6.45, 7) is 3.47. The second kappa shape index (κ2) is 9.77. The first kappa shape index (κ1) is 23.2. The lowest BCUT2D eigenvalue weighted by Crippen LogP contribution is -2.22. The summed E-state index contributed by atoms with van der Waals surface area (Å²) in [6, 6.07) is 6.78. The topological polar surface area (TPSA) is 121 Å². The lowest BCUT2D eigenvalue weighted by atomic mass is 9.87. The van der Waals surface area contributed by atoms with E-state index in [1.165, 1.54) is 6.20 Å². The summed E-state index contributed by atoms with van der Waals surface area (Å²) in [4.78, 5) is 21.5. The van der Waals surface area contributed by atoms with Crippen molar-refractivity contribution in [2.45, 2.75) is 51.2 Å². The van der Waals surface area contributed by atoms with E-state index >= 15 is 0 Å². The van der Waals surface area contributed by atoms with Crippen molar-refractivity contribution in [1.29, 1.82) is 0 Å². The molecule has 7 nitrogen and oxygen atoms in total. The Kier molecular flexibility index (Phi) is 7.30. The third-order valence-electron chi connectivity index (χ3n) is 5.60. The van der Waals surface area contributed by atoms with E-state index in [4.69, 9.17) is 17.3 Å². The third-order valence-corrected chi connectivity index (χ3v) is 5.91. The third kappa shape index (κ3) is 5.81. The molecule has 0 spiro atoms. The summed E-state index contributed by atoms with van der Waals surface area (Å²) in [7, 11) is 0. The number of halogens is 1. The van der Waals surface area contributed by atoms with E-state index in [0.717, 1.165) is 25.7 Å². The van der Waals surface area contributed by atoms with Crippen molar-refractivity contribution in [3.8, 4) is 0 Å². The second-order valence-electron chi connectivity index (χ2n) is 8.51. The van der Waals surface area contributed by atoms with Crippen LogP contribution in [0.1, 0.15) is 61.1 Å². The van der Waals surface area contributed by atoms with Gasteiger partial charge >= 0.3 is 0 Å². The average Bonchev–Trinajstić information content (AvgIpc) is 2.73. The van der Waals surface area contributed by atoms with Crippen LogP contribution in [0.2, 0.25) is 5.02 Å². The van der Waals surface area contributed by atoms with Crippen LogP contribution >= 0.6 is 11.6 Å². The van der Waals surface area contributed by atoms with E-state index < -0.39 is 11.5 Å². The molecule has 1 amide bonds. The molecule has 0 radical (unpaired) electrons. The number of aliphatic hydroxyl groups is 2. The number of rotatable bonds is 6. The van der Waals surface area contributed by atoms with Crippen molar-refractivity contribution < 1.29 is 15.0 Å². The number of aliphatic hydroxyl groups excluding tert-OH is 1. The first-order valence-corrected chi connectivity index (χ1v) is 10.8. The van der Waals surface area contributed by atoms with Gasteiger partial charge in [-0.2, -0.15) is 0 Å². The maximum atomic E-state index is 12.7. The molecule has 2 aromatic rings. The normalized spacial score (nSPS) is 19.5. The molecule has 1 saturated carbocycles. The highest BCUT2D eigenvalue weighted by Crippen LogP contribution is 2.32. The highest BCUT2D eigenvalue weighted by molar-refractivity contribution is 6.34. The van der Waals surface area contributed by atoms with Crippen molar-refractivity contribution >= 4 is 35.1 Å². The van der Waals surface area contributed by atoms with Crippen LogP contribution in [0.15, 0.2) is 35.5 Å². The van der Waals surface area contributed by atoms with Gasteiger partial charge in [-0.15, -0.1) is 0 Å². The Morgan fingerprint density at radius 2 is 2.06 bits per heavy atom. The molecule has 1 aromatic carbocycles. The molecule has 0 aliphatic heterocycles. The quantitative estimate of drug-likeness (QED) is 0.399. The van der Waals surface area contributed by atoms with Gasteiger partial charge in [0.15, 0.2) is 0 Å². The molecular weight excluding hydrogens is 416 g/mol. The zero-order valence-electron chi connectivity index (χ0n) is 17.8. The second-order valence-corrected chi connectivity index (χ2v) is 8.92. The Morgan fingerprint density at radius 3 is 2.68 bits per heavy atom. The summed E-state index contributed by atoms with van der Waals surface area (Å²) in [5.41, 5.74) is 7.10. The van der Waals surface area contributed by atoms with Gasteiger partial charge in [-0.1, -0.05) is 11.6 Å². The molecule has 1 fully saturated rings. The van der Waals surface area contributed by atoms with Gasteiger partial charge in [-0.3, -0.25) is 9.79 Å². The number of carbonyl (C=O) groups excluding carboxylic acids is 1. The number of nitrogens with zero attached hydrogens (tertiary/aromatic N) is 2. The molecule has 31 heavy (non-hydrogen) atoms. The predicted molar refractivity (Wildman–Crippen MR) is 124 cm³/mol. The molecule has 5 N–H and O–H groups in total. The Balaban J connectivity index is 1.88. The number of carbonyl (C=O) groups is 1. The van der Waals surface area contributed by atoms with Crippen LogP contribution in [-0.4, -0.2) is 40.0 Å². The van der Waals surface area contributed by atoms with Gasteiger partial charge in [0.25, 0.3) is 5.91 Å². The van der Waals surface area contributed by atoms with Crippen molar-refractivity contribution in [3.05, 3.63) is 52.3 Å². The molecule has 166 valence electrons. The molecule has 8 heteroatoms. The SMILES string of the molecule is CC(C)(O)c1cc(N)c(C=NC2CCC(CO)CC2)cc1NC(=O)c1ncccc1Cl. The monoisotopic (exact) mass is 444 g/mol. The van der Waals surface area contributed by atoms with Crippen LogP contribution in [-0.2, 0) is 5.60 Å². The lowest BCUT2D eigenvalue weighted by molar-refractivity contribution is 0.0793. The maximum Gasteiger partial charge on any atom is 0.275 e. The number of anilines is 2. The first-order chi connectivity index (χ1) is 14.7. The number of nitrogens with one attached hydrogen (secondary N) is 1. The fourth-order valence-corrected chi connectivity index (χ4v) is 3.96. The number of benzene rings is 1. The number of amides is 1. The first-order valence-electron chi connectivity index (χ1n) is 10.4. The minimum Gasteiger partial charge on any atom is -0.398 e. The number of hydrogen-bond donors (Lipinski definition) is 4. The fraction of sp³-hybridized carbons (Fsp3) is 0.435. The van der Waals surface area contributed by atoms with E-state index in [0.29, 0.717) is 28.4 Å². The molecule has 1 heterocycles. The van der Waals surface area contributed by atoms with Gasteiger partial charge in [0.2, 0.25) is 0 Å². The van der Waals surface area contributed by atoms with Crippen molar-refractivity contribution in [2.24, 2.45) is 10.9 Å². The standard InChI is InChI=1S/C23H29ClN4O3/c1-23(2,31)17-11-19(25)15(12-27-16-7-5-14(13-29)6-8-16)10-20(17)28-22(30)21-18(24)4-3-9-26-21/h3-4,9-12,14,16,29,31H,5-8,13,25H2,1-2H3,(H,28,30).